The molecule has 0 aliphatic rings. The van der Waals surface area contributed by atoms with Crippen molar-refractivity contribution in [2.24, 2.45) is 4.99 Å². The quantitative estimate of drug-likeness (QED) is 0.209. The summed E-state index contributed by atoms with van der Waals surface area (Å²) in [6.45, 7) is 4.40. The first-order chi connectivity index (χ1) is 13.3. The number of aromatic nitrogens is 3. The second-order valence-corrected chi connectivity index (χ2v) is 6.58. The Morgan fingerprint density at radius 3 is 2.71 bits per heavy atom. The van der Waals surface area contributed by atoms with E-state index >= 15 is 0 Å². The Hall–Kier alpha value is -1.87. The first-order valence-corrected chi connectivity index (χ1v) is 9.70. The number of halogens is 2. The van der Waals surface area contributed by atoms with Crippen molar-refractivity contribution in [2.75, 3.05) is 19.6 Å². The van der Waals surface area contributed by atoms with Gasteiger partial charge in [-0.25, -0.2) is 0 Å². The minimum absolute atomic E-state index is 0. The Balaban J connectivity index is 0.00000280. The first-order valence-electron chi connectivity index (χ1n) is 9.32. The van der Waals surface area contributed by atoms with E-state index in [1.54, 1.807) is 0 Å². The van der Waals surface area contributed by atoms with E-state index in [0.717, 1.165) is 66.9 Å². The minimum Gasteiger partial charge on any atom is -0.357 e. The van der Waals surface area contributed by atoms with Crippen molar-refractivity contribution in [1.29, 1.82) is 0 Å². The van der Waals surface area contributed by atoms with Crippen LogP contribution in [0.2, 0.25) is 5.02 Å². The highest BCUT2D eigenvalue weighted by Crippen LogP contribution is 2.14. The SMILES string of the molecule is CCNC(=NCCCc1nnc2ccccn12)NCCc1ccccc1Cl.I. The van der Waals surface area contributed by atoms with Gasteiger partial charge in [0, 0.05) is 37.3 Å². The van der Waals surface area contributed by atoms with Gasteiger partial charge in [-0.05, 0) is 43.5 Å². The third-order valence-corrected chi connectivity index (χ3v) is 4.57. The highest BCUT2D eigenvalue weighted by molar-refractivity contribution is 14.0. The van der Waals surface area contributed by atoms with Crippen LogP contribution < -0.4 is 10.6 Å². The third-order valence-electron chi connectivity index (χ3n) is 4.20. The molecular formula is C20H26ClIN6. The second kappa shape index (κ2) is 11.9. The van der Waals surface area contributed by atoms with Crippen LogP contribution in [-0.4, -0.2) is 40.2 Å². The molecule has 28 heavy (non-hydrogen) atoms. The van der Waals surface area contributed by atoms with Crippen molar-refractivity contribution in [3.63, 3.8) is 0 Å². The molecule has 0 saturated heterocycles. The fourth-order valence-electron chi connectivity index (χ4n) is 2.85. The van der Waals surface area contributed by atoms with E-state index in [9.17, 15) is 0 Å². The summed E-state index contributed by atoms with van der Waals surface area (Å²) in [6, 6.07) is 13.8. The zero-order chi connectivity index (χ0) is 18.9. The molecule has 0 spiro atoms. The number of benzene rings is 1. The van der Waals surface area contributed by atoms with Gasteiger partial charge in [0.2, 0.25) is 0 Å². The predicted octanol–water partition coefficient (Wildman–Crippen LogP) is 3.73. The lowest BCUT2D eigenvalue weighted by Gasteiger charge is -2.11. The third kappa shape index (κ3) is 6.34. The number of rotatable bonds is 8. The largest absolute Gasteiger partial charge is 0.357 e. The van der Waals surface area contributed by atoms with Crippen LogP contribution in [0.25, 0.3) is 5.65 Å². The molecule has 8 heteroatoms. The van der Waals surface area contributed by atoms with Crippen molar-refractivity contribution < 1.29 is 0 Å². The zero-order valence-electron chi connectivity index (χ0n) is 15.9. The minimum atomic E-state index is 0. The highest BCUT2D eigenvalue weighted by Gasteiger charge is 2.04. The van der Waals surface area contributed by atoms with Gasteiger partial charge in [0.05, 0.1) is 0 Å². The molecule has 0 amide bonds. The second-order valence-electron chi connectivity index (χ2n) is 6.18. The lowest BCUT2D eigenvalue weighted by molar-refractivity contribution is 0.750. The lowest BCUT2D eigenvalue weighted by Crippen LogP contribution is -2.38. The molecule has 3 aromatic rings. The van der Waals surface area contributed by atoms with Gasteiger partial charge >= 0.3 is 0 Å². The van der Waals surface area contributed by atoms with Crippen LogP contribution in [0.15, 0.2) is 53.7 Å². The summed E-state index contributed by atoms with van der Waals surface area (Å²) in [6.07, 6.45) is 4.61. The van der Waals surface area contributed by atoms with Gasteiger partial charge in [-0.15, -0.1) is 34.2 Å². The number of guanidine groups is 1. The Morgan fingerprint density at radius 1 is 1.07 bits per heavy atom. The van der Waals surface area contributed by atoms with Crippen molar-refractivity contribution in [3.8, 4) is 0 Å². The van der Waals surface area contributed by atoms with Gasteiger partial charge in [-0.2, -0.15) is 0 Å². The van der Waals surface area contributed by atoms with E-state index in [1.807, 2.05) is 47.0 Å². The summed E-state index contributed by atoms with van der Waals surface area (Å²) in [5, 5.41) is 15.9. The lowest BCUT2D eigenvalue weighted by atomic mass is 10.1. The summed E-state index contributed by atoms with van der Waals surface area (Å²) in [7, 11) is 0. The monoisotopic (exact) mass is 512 g/mol. The number of fused-ring (bicyclic) bond motifs is 1. The predicted molar refractivity (Wildman–Crippen MR) is 126 cm³/mol. The Labute approximate surface area is 187 Å². The molecule has 0 aliphatic carbocycles. The molecule has 1 aromatic carbocycles. The van der Waals surface area contributed by atoms with Crippen molar-refractivity contribution in [2.45, 2.75) is 26.2 Å². The van der Waals surface area contributed by atoms with E-state index in [0.29, 0.717) is 0 Å². The van der Waals surface area contributed by atoms with Crippen molar-refractivity contribution in [3.05, 3.63) is 65.1 Å². The average molecular weight is 513 g/mol. The van der Waals surface area contributed by atoms with E-state index in [2.05, 4.69) is 38.8 Å². The van der Waals surface area contributed by atoms with Gasteiger partial charge in [-0.3, -0.25) is 9.39 Å². The van der Waals surface area contributed by atoms with Crippen LogP contribution in [0.5, 0.6) is 0 Å². The van der Waals surface area contributed by atoms with E-state index in [1.165, 1.54) is 0 Å². The number of hydrogen-bond acceptors (Lipinski definition) is 3. The smallest absolute Gasteiger partial charge is 0.191 e. The fourth-order valence-corrected chi connectivity index (χ4v) is 3.08. The van der Waals surface area contributed by atoms with Crippen LogP contribution in [0.3, 0.4) is 0 Å². The number of aliphatic imine (C=N–C) groups is 1. The number of nitrogens with zero attached hydrogens (tertiary/aromatic N) is 4. The zero-order valence-corrected chi connectivity index (χ0v) is 19.0. The maximum absolute atomic E-state index is 6.21. The summed E-state index contributed by atoms with van der Waals surface area (Å²) in [5.41, 5.74) is 2.02. The molecule has 0 radical (unpaired) electrons. The van der Waals surface area contributed by atoms with Crippen LogP contribution in [0, 0.1) is 0 Å². The maximum atomic E-state index is 6.21. The van der Waals surface area contributed by atoms with Crippen LogP contribution in [0.4, 0.5) is 0 Å². The maximum Gasteiger partial charge on any atom is 0.191 e. The Kier molecular flexibility index (Phi) is 9.49. The van der Waals surface area contributed by atoms with E-state index in [4.69, 9.17) is 11.6 Å². The first kappa shape index (κ1) is 22.4. The fraction of sp³-hybridized carbons (Fsp3) is 0.350. The molecule has 0 atom stereocenters. The van der Waals surface area contributed by atoms with E-state index in [-0.39, 0.29) is 24.0 Å². The summed E-state index contributed by atoms with van der Waals surface area (Å²) < 4.78 is 2.02. The number of hydrogen-bond donors (Lipinski definition) is 2. The highest BCUT2D eigenvalue weighted by atomic mass is 127. The molecule has 0 unspecified atom stereocenters. The molecule has 0 fully saturated rings. The topological polar surface area (TPSA) is 66.6 Å². The Bertz CT molecular complexity index is 895. The van der Waals surface area contributed by atoms with Gasteiger partial charge in [-0.1, -0.05) is 35.9 Å². The number of nitrogens with one attached hydrogen (secondary N) is 2. The van der Waals surface area contributed by atoms with Crippen LogP contribution in [-0.2, 0) is 12.8 Å². The van der Waals surface area contributed by atoms with E-state index < -0.39 is 0 Å². The Morgan fingerprint density at radius 2 is 1.89 bits per heavy atom. The number of pyridine rings is 1. The summed E-state index contributed by atoms with van der Waals surface area (Å²) >= 11 is 6.21. The number of aryl methyl sites for hydroxylation is 1. The molecule has 2 heterocycles. The molecule has 2 aromatic heterocycles. The summed E-state index contributed by atoms with van der Waals surface area (Å²) in [5.74, 6) is 1.80. The van der Waals surface area contributed by atoms with Crippen LogP contribution >= 0.6 is 35.6 Å². The molecule has 6 nitrogen and oxygen atoms in total. The van der Waals surface area contributed by atoms with Gasteiger partial charge in [0.15, 0.2) is 11.6 Å². The molecular weight excluding hydrogens is 487 g/mol. The molecule has 0 aliphatic heterocycles. The standard InChI is InChI=1S/C20H25ClN6.HI/c1-2-22-20(24-14-12-16-8-3-4-9-17(16)21)23-13-7-11-19-26-25-18-10-5-6-15-27(18)19;/h3-6,8-10,15H,2,7,11-14H2,1H3,(H2,22,23,24);1H. The normalized spacial score (nSPS) is 11.3. The molecule has 3 rings (SSSR count). The summed E-state index contributed by atoms with van der Waals surface area (Å²) in [4.78, 5) is 4.65. The van der Waals surface area contributed by atoms with Crippen molar-refractivity contribution >= 4 is 47.2 Å². The molecule has 2 N–H and O–H groups in total. The van der Waals surface area contributed by atoms with Crippen molar-refractivity contribution in [1.82, 2.24) is 25.2 Å². The van der Waals surface area contributed by atoms with Crippen LogP contribution in [0.1, 0.15) is 24.7 Å². The molecule has 0 bridgehead atoms. The van der Waals surface area contributed by atoms with Gasteiger partial charge in [0.25, 0.3) is 0 Å². The van der Waals surface area contributed by atoms with Gasteiger partial charge in [0.1, 0.15) is 5.82 Å². The average Bonchev–Trinajstić information content (AvgIpc) is 3.10. The van der Waals surface area contributed by atoms with Gasteiger partial charge < -0.3 is 10.6 Å². The molecule has 150 valence electrons. The molecule has 0 saturated carbocycles.